The molecule has 2 N–H and O–H groups in total. The van der Waals surface area contributed by atoms with Gasteiger partial charge in [-0.3, -0.25) is 34.0 Å². The number of nitrogens with one attached hydrogen (secondary N) is 2. The van der Waals surface area contributed by atoms with Crippen molar-refractivity contribution in [3.63, 3.8) is 0 Å². The Morgan fingerprint density at radius 2 is 1.93 bits per heavy atom. The van der Waals surface area contributed by atoms with Crippen LogP contribution in [0.5, 0.6) is 0 Å². The first-order valence-corrected chi connectivity index (χ1v) is 8.45. The summed E-state index contributed by atoms with van der Waals surface area (Å²) in [5, 5.41) is 14.5. The van der Waals surface area contributed by atoms with Crippen LogP contribution >= 0.6 is 0 Å². The van der Waals surface area contributed by atoms with Gasteiger partial charge in [-0.2, -0.15) is 0 Å². The molecule has 1 aliphatic heterocycles. The molecule has 0 aliphatic carbocycles. The highest BCUT2D eigenvalue weighted by Crippen LogP contribution is 2.35. The molecule has 2 heterocycles. The molecule has 3 aromatic rings. The lowest BCUT2D eigenvalue weighted by Gasteiger charge is -2.36. The van der Waals surface area contributed by atoms with Crippen molar-refractivity contribution >= 4 is 34.0 Å². The molecule has 4 rings (SSSR count). The minimum atomic E-state index is -0.990. The molecule has 0 bridgehead atoms. The summed E-state index contributed by atoms with van der Waals surface area (Å²) in [5.41, 5.74) is -1.10. The Hall–Kier alpha value is -3.95. The molecule has 0 fully saturated rings. The van der Waals surface area contributed by atoms with Crippen LogP contribution in [0.1, 0.15) is 13.1 Å². The average molecular weight is 381 g/mol. The lowest BCUT2D eigenvalue weighted by atomic mass is 10.1. The van der Waals surface area contributed by atoms with Crippen molar-refractivity contribution in [1.29, 1.82) is 0 Å². The third kappa shape index (κ3) is 2.54. The fraction of sp³-hybridized carbons (Fsp3) is 0.167. The smallest absolute Gasteiger partial charge is 0.318 e. The van der Waals surface area contributed by atoms with Crippen molar-refractivity contribution < 1.29 is 9.72 Å². The number of hydrogen-bond donors (Lipinski definition) is 2. The minimum absolute atomic E-state index is 0.0686. The summed E-state index contributed by atoms with van der Waals surface area (Å²) in [4.78, 5) is 51.9. The van der Waals surface area contributed by atoms with E-state index in [-0.39, 0.29) is 29.2 Å². The first-order chi connectivity index (χ1) is 13.4. The van der Waals surface area contributed by atoms with E-state index in [9.17, 15) is 24.5 Å². The number of hydrogen-bond acceptors (Lipinski definition) is 6. The van der Waals surface area contributed by atoms with Crippen molar-refractivity contribution in [1.82, 2.24) is 9.55 Å². The normalized spacial score (nSPS) is 15.1. The molecule has 0 spiro atoms. The number of anilines is 2. The molecular weight excluding hydrogens is 366 g/mol. The second-order valence-electron chi connectivity index (χ2n) is 6.33. The topological polar surface area (TPSA) is 130 Å². The Labute approximate surface area is 157 Å². The molecule has 0 saturated carbocycles. The second kappa shape index (κ2) is 6.34. The largest absolute Gasteiger partial charge is 0.379 e. The van der Waals surface area contributed by atoms with Crippen LogP contribution in [-0.2, 0) is 4.79 Å². The van der Waals surface area contributed by atoms with Gasteiger partial charge in [-0.05, 0) is 18.2 Å². The number of H-pyrrole nitrogens is 1. The van der Waals surface area contributed by atoms with E-state index >= 15 is 0 Å². The number of non-ortho nitro benzene ring substituents is 1. The van der Waals surface area contributed by atoms with Crippen LogP contribution in [0.25, 0.3) is 11.0 Å². The fourth-order valence-corrected chi connectivity index (χ4v) is 3.56. The monoisotopic (exact) mass is 381 g/mol. The zero-order valence-electron chi connectivity index (χ0n) is 14.7. The number of carbonyl (C=O) groups is 1. The van der Waals surface area contributed by atoms with Gasteiger partial charge in [0.15, 0.2) is 0 Å². The Balaban J connectivity index is 2.06. The number of nitro groups is 1. The molecule has 1 atom stereocenters. The number of carbonyl (C=O) groups excluding carboxylic acids is 1. The number of nitrogens with zero attached hydrogens (tertiary/aromatic N) is 3. The van der Waals surface area contributed by atoms with Crippen molar-refractivity contribution in [2.45, 2.75) is 13.1 Å². The highest BCUT2D eigenvalue weighted by molar-refractivity contribution is 5.97. The van der Waals surface area contributed by atoms with Gasteiger partial charge < -0.3 is 10.3 Å². The predicted molar refractivity (Wildman–Crippen MR) is 103 cm³/mol. The Morgan fingerprint density at radius 1 is 1.21 bits per heavy atom. The van der Waals surface area contributed by atoms with E-state index in [1.54, 1.807) is 30.3 Å². The van der Waals surface area contributed by atoms with E-state index in [0.717, 1.165) is 4.57 Å². The molecular formula is C18H15N5O5. The van der Waals surface area contributed by atoms with Crippen LogP contribution in [0, 0.1) is 10.1 Å². The van der Waals surface area contributed by atoms with E-state index in [0.29, 0.717) is 11.4 Å². The van der Waals surface area contributed by atoms with Crippen LogP contribution in [-0.4, -0.2) is 26.9 Å². The molecule has 28 heavy (non-hydrogen) atoms. The van der Waals surface area contributed by atoms with Crippen molar-refractivity contribution in [3.05, 3.63) is 73.3 Å². The van der Waals surface area contributed by atoms with Gasteiger partial charge in [0.25, 0.3) is 5.69 Å². The lowest BCUT2D eigenvalue weighted by molar-refractivity contribution is -0.383. The molecule has 1 amide bonds. The Morgan fingerprint density at radius 3 is 2.57 bits per heavy atom. The highest BCUT2D eigenvalue weighted by Gasteiger charge is 2.33. The van der Waals surface area contributed by atoms with Gasteiger partial charge in [-0.1, -0.05) is 18.2 Å². The molecule has 1 unspecified atom stereocenters. The van der Waals surface area contributed by atoms with Crippen LogP contribution in [0.4, 0.5) is 17.1 Å². The summed E-state index contributed by atoms with van der Waals surface area (Å²) in [6, 6.07) is 11.4. The zero-order chi connectivity index (χ0) is 20.0. The molecule has 0 saturated heterocycles. The minimum Gasteiger partial charge on any atom is -0.379 e. The molecule has 10 heteroatoms. The third-order valence-electron chi connectivity index (χ3n) is 4.69. The third-order valence-corrected chi connectivity index (χ3v) is 4.69. The maximum absolute atomic E-state index is 12.7. The van der Waals surface area contributed by atoms with Gasteiger partial charge >= 0.3 is 11.1 Å². The summed E-state index contributed by atoms with van der Waals surface area (Å²) < 4.78 is 1.15. The highest BCUT2D eigenvalue weighted by atomic mass is 16.6. The average Bonchev–Trinajstić information content (AvgIpc) is 2.67. The molecule has 2 aromatic carbocycles. The Kier molecular flexibility index (Phi) is 3.95. The number of aromatic amines is 1. The second-order valence-corrected chi connectivity index (χ2v) is 6.33. The van der Waals surface area contributed by atoms with E-state index in [2.05, 4.69) is 10.3 Å². The van der Waals surface area contributed by atoms with Gasteiger partial charge in [0.1, 0.15) is 17.2 Å². The standard InChI is InChI=1S/C18H15N5O5/c1-10(24)21(11-5-3-2-4-6-11)14-9-19-12-7-8-13(23(27)28)15-16(12)22(14)18(26)17(25)20-15/h2-8,14,19H,9H2,1H3,(H,20,25). The van der Waals surface area contributed by atoms with Crippen LogP contribution in [0.3, 0.4) is 0 Å². The maximum atomic E-state index is 12.7. The molecule has 10 nitrogen and oxygen atoms in total. The van der Waals surface area contributed by atoms with Crippen molar-refractivity contribution in [2.75, 3.05) is 16.8 Å². The van der Waals surface area contributed by atoms with Gasteiger partial charge in [0.2, 0.25) is 5.91 Å². The van der Waals surface area contributed by atoms with Gasteiger partial charge in [0.05, 0.1) is 17.2 Å². The number of amides is 1. The number of benzene rings is 2. The summed E-state index contributed by atoms with van der Waals surface area (Å²) >= 11 is 0. The van der Waals surface area contributed by atoms with Gasteiger partial charge in [-0.25, -0.2) is 0 Å². The quantitative estimate of drug-likeness (QED) is 0.402. The summed E-state index contributed by atoms with van der Waals surface area (Å²) in [6.45, 7) is 1.50. The fourth-order valence-electron chi connectivity index (χ4n) is 3.56. The molecule has 0 radical (unpaired) electrons. The zero-order valence-corrected chi connectivity index (χ0v) is 14.7. The lowest BCUT2D eigenvalue weighted by Crippen LogP contribution is -2.50. The van der Waals surface area contributed by atoms with Crippen molar-refractivity contribution in [2.24, 2.45) is 0 Å². The number of aromatic nitrogens is 2. The summed E-state index contributed by atoms with van der Waals surface area (Å²) in [7, 11) is 0. The SMILES string of the molecule is CC(=O)N(c1ccccc1)C1CNc2ccc([N+](=O)[O-])c3[nH]c(=O)c(=O)n1c23. The first-order valence-electron chi connectivity index (χ1n) is 8.45. The summed E-state index contributed by atoms with van der Waals surface area (Å²) in [5.74, 6) is -0.341. The summed E-state index contributed by atoms with van der Waals surface area (Å²) in [6.07, 6.45) is -0.869. The van der Waals surface area contributed by atoms with Crippen molar-refractivity contribution in [3.8, 4) is 0 Å². The van der Waals surface area contributed by atoms with E-state index < -0.39 is 22.2 Å². The number of para-hydroxylation sites is 1. The maximum Gasteiger partial charge on any atom is 0.318 e. The van der Waals surface area contributed by atoms with Crippen LogP contribution in [0.15, 0.2) is 52.1 Å². The number of rotatable bonds is 3. The van der Waals surface area contributed by atoms with Crippen LogP contribution < -0.4 is 21.3 Å². The predicted octanol–water partition coefficient (Wildman–Crippen LogP) is 1.58. The van der Waals surface area contributed by atoms with Crippen LogP contribution in [0.2, 0.25) is 0 Å². The van der Waals surface area contributed by atoms with E-state index in [1.807, 2.05) is 0 Å². The van der Waals surface area contributed by atoms with E-state index in [1.165, 1.54) is 24.0 Å². The Bertz CT molecular complexity index is 1230. The van der Waals surface area contributed by atoms with Gasteiger partial charge in [0, 0.05) is 18.7 Å². The molecule has 142 valence electrons. The first kappa shape index (κ1) is 17.5. The molecule has 1 aromatic heterocycles. The van der Waals surface area contributed by atoms with Gasteiger partial charge in [-0.15, -0.1) is 0 Å². The molecule has 1 aliphatic rings. The number of nitro benzene ring substituents is 1. The van der Waals surface area contributed by atoms with E-state index in [4.69, 9.17) is 0 Å².